The lowest BCUT2D eigenvalue weighted by Gasteiger charge is -2.15. The van der Waals surface area contributed by atoms with Crippen molar-refractivity contribution in [3.05, 3.63) is 66.2 Å². The van der Waals surface area contributed by atoms with Crippen LogP contribution in [-0.2, 0) is 4.79 Å². The van der Waals surface area contributed by atoms with Gasteiger partial charge in [0.2, 0.25) is 0 Å². The summed E-state index contributed by atoms with van der Waals surface area (Å²) in [5.74, 6) is 0.670. The maximum atomic E-state index is 11.3. The Labute approximate surface area is 136 Å². The molecule has 2 rings (SSSR count). The maximum Gasteiger partial charge on any atom is 0.179 e. The van der Waals surface area contributed by atoms with E-state index in [1.54, 1.807) is 17.8 Å². The first-order valence-corrected chi connectivity index (χ1v) is 8.11. The molecule has 0 aliphatic rings. The second kappa shape index (κ2) is 7.85. The fourth-order valence-electron chi connectivity index (χ4n) is 2.01. The molecule has 3 heteroatoms. The largest absolute Gasteiger partial charge is 0.478 e. The predicted octanol–water partition coefficient (Wildman–Crippen LogP) is 5.15. The van der Waals surface area contributed by atoms with Gasteiger partial charge in [0.1, 0.15) is 5.75 Å². The molecule has 1 atom stereocenters. The van der Waals surface area contributed by atoms with Gasteiger partial charge in [0.15, 0.2) is 12.4 Å². The Morgan fingerprint density at radius 3 is 2.18 bits per heavy atom. The van der Waals surface area contributed by atoms with Crippen LogP contribution >= 0.6 is 11.8 Å². The normalized spacial score (nSPS) is 12.0. The van der Waals surface area contributed by atoms with E-state index in [-0.39, 0.29) is 0 Å². The smallest absolute Gasteiger partial charge is 0.179 e. The van der Waals surface area contributed by atoms with E-state index in [2.05, 4.69) is 20.4 Å². The van der Waals surface area contributed by atoms with Gasteiger partial charge in [0.05, 0.1) is 0 Å². The molecule has 2 aromatic rings. The SMILES string of the molecule is C=Cc1ccc(OC(C=O)c2ccc(SC(C)C)cc2)cc1. The van der Waals surface area contributed by atoms with Gasteiger partial charge in [-0.3, -0.25) is 4.79 Å². The molecule has 0 amide bonds. The summed E-state index contributed by atoms with van der Waals surface area (Å²) in [6.07, 6.45) is 2.01. The number of carbonyl (C=O) groups excluding carboxylic acids is 1. The zero-order valence-electron chi connectivity index (χ0n) is 12.9. The molecule has 0 aliphatic carbocycles. The highest BCUT2D eigenvalue weighted by Crippen LogP contribution is 2.26. The van der Waals surface area contributed by atoms with Crippen molar-refractivity contribution < 1.29 is 9.53 Å². The average molecular weight is 312 g/mol. The molecule has 0 fully saturated rings. The molecule has 0 N–H and O–H groups in total. The fourth-order valence-corrected chi connectivity index (χ4v) is 2.85. The number of rotatable bonds is 7. The van der Waals surface area contributed by atoms with Crippen molar-refractivity contribution in [2.45, 2.75) is 30.1 Å². The standard InChI is InChI=1S/C19H20O2S/c1-4-15-5-9-17(10-6-15)21-19(13-20)16-7-11-18(12-8-16)22-14(2)3/h4-14,19H,1H2,2-3H3. The third-order valence-corrected chi connectivity index (χ3v) is 4.10. The van der Waals surface area contributed by atoms with Crippen molar-refractivity contribution in [1.29, 1.82) is 0 Å². The van der Waals surface area contributed by atoms with Crippen LogP contribution in [0, 0.1) is 0 Å². The topological polar surface area (TPSA) is 26.3 Å². The summed E-state index contributed by atoms with van der Waals surface area (Å²) in [7, 11) is 0. The molecule has 0 bridgehead atoms. The number of benzene rings is 2. The summed E-state index contributed by atoms with van der Waals surface area (Å²) < 4.78 is 5.76. The summed E-state index contributed by atoms with van der Waals surface area (Å²) in [5.41, 5.74) is 1.88. The second-order valence-electron chi connectivity index (χ2n) is 5.18. The van der Waals surface area contributed by atoms with Gasteiger partial charge in [-0.1, -0.05) is 50.8 Å². The molecule has 114 valence electrons. The van der Waals surface area contributed by atoms with Gasteiger partial charge in [-0.15, -0.1) is 11.8 Å². The maximum absolute atomic E-state index is 11.3. The number of thioether (sulfide) groups is 1. The highest BCUT2D eigenvalue weighted by Gasteiger charge is 2.12. The van der Waals surface area contributed by atoms with Crippen LogP contribution in [0.2, 0.25) is 0 Å². The lowest BCUT2D eigenvalue weighted by molar-refractivity contribution is -0.113. The lowest BCUT2D eigenvalue weighted by atomic mass is 10.1. The van der Waals surface area contributed by atoms with Crippen LogP contribution in [0.3, 0.4) is 0 Å². The molecule has 0 saturated carbocycles. The van der Waals surface area contributed by atoms with E-state index < -0.39 is 6.10 Å². The first-order valence-electron chi connectivity index (χ1n) is 7.23. The zero-order valence-corrected chi connectivity index (χ0v) is 13.7. The number of ether oxygens (including phenoxy) is 1. The molecule has 0 aliphatic heterocycles. The quantitative estimate of drug-likeness (QED) is 0.522. The van der Waals surface area contributed by atoms with Gasteiger partial charge in [0.25, 0.3) is 0 Å². The van der Waals surface area contributed by atoms with Gasteiger partial charge in [-0.25, -0.2) is 0 Å². The Morgan fingerprint density at radius 1 is 1.05 bits per heavy atom. The molecule has 1 unspecified atom stereocenters. The van der Waals surface area contributed by atoms with Crippen LogP contribution in [0.4, 0.5) is 0 Å². The summed E-state index contributed by atoms with van der Waals surface area (Å²) >= 11 is 1.80. The molecule has 2 nitrogen and oxygen atoms in total. The lowest BCUT2D eigenvalue weighted by Crippen LogP contribution is -2.08. The number of hydrogen-bond donors (Lipinski definition) is 0. The summed E-state index contributed by atoms with van der Waals surface area (Å²) in [5, 5.41) is 0.535. The minimum atomic E-state index is -0.590. The van der Waals surface area contributed by atoms with E-state index in [0.717, 1.165) is 17.4 Å². The third-order valence-electron chi connectivity index (χ3n) is 3.08. The van der Waals surface area contributed by atoms with E-state index in [1.165, 1.54) is 4.90 Å². The second-order valence-corrected chi connectivity index (χ2v) is 6.83. The average Bonchev–Trinajstić information content (AvgIpc) is 2.53. The van der Waals surface area contributed by atoms with Crippen molar-refractivity contribution >= 4 is 24.1 Å². The van der Waals surface area contributed by atoms with Gasteiger partial charge in [-0.05, 0) is 35.4 Å². The minimum Gasteiger partial charge on any atom is -0.478 e. The Kier molecular flexibility index (Phi) is 5.84. The zero-order chi connectivity index (χ0) is 15.9. The molecule has 0 aromatic heterocycles. The van der Waals surface area contributed by atoms with Crippen molar-refractivity contribution in [3.63, 3.8) is 0 Å². The van der Waals surface area contributed by atoms with Gasteiger partial charge in [-0.2, -0.15) is 0 Å². The monoisotopic (exact) mass is 312 g/mol. The first kappa shape index (κ1) is 16.4. The van der Waals surface area contributed by atoms with Crippen LogP contribution in [0.25, 0.3) is 6.08 Å². The number of hydrogen-bond acceptors (Lipinski definition) is 3. The first-order chi connectivity index (χ1) is 10.6. The molecular weight excluding hydrogens is 292 g/mol. The van der Waals surface area contributed by atoms with Crippen LogP contribution in [0.15, 0.2) is 60.0 Å². The van der Waals surface area contributed by atoms with Crippen LogP contribution < -0.4 is 4.74 Å². The van der Waals surface area contributed by atoms with Gasteiger partial charge in [0, 0.05) is 10.1 Å². The summed E-state index contributed by atoms with van der Waals surface area (Å²) in [6, 6.07) is 15.5. The summed E-state index contributed by atoms with van der Waals surface area (Å²) in [6.45, 7) is 8.03. The Hall–Kier alpha value is -2.00. The van der Waals surface area contributed by atoms with E-state index in [4.69, 9.17) is 4.74 Å². The predicted molar refractivity (Wildman–Crippen MR) is 93.4 cm³/mol. The molecule has 22 heavy (non-hydrogen) atoms. The molecule has 0 heterocycles. The molecule has 0 spiro atoms. The fraction of sp³-hybridized carbons (Fsp3) is 0.211. The van der Waals surface area contributed by atoms with E-state index in [1.807, 2.05) is 48.5 Å². The Bertz CT molecular complexity index is 615. The van der Waals surface area contributed by atoms with E-state index in [9.17, 15) is 4.79 Å². The molecule has 0 saturated heterocycles. The van der Waals surface area contributed by atoms with Gasteiger partial charge >= 0.3 is 0 Å². The van der Waals surface area contributed by atoms with Crippen molar-refractivity contribution in [3.8, 4) is 5.75 Å². The van der Waals surface area contributed by atoms with Crippen molar-refractivity contribution in [2.75, 3.05) is 0 Å². The van der Waals surface area contributed by atoms with Crippen molar-refractivity contribution in [2.24, 2.45) is 0 Å². The Balaban J connectivity index is 2.09. The van der Waals surface area contributed by atoms with Crippen molar-refractivity contribution in [1.82, 2.24) is 0 Å². The van der Waals surface area contributed by atoms with Crippen LogP contribution in [0.1, 0.15) is 31.1 Å². The molecule has 0 radical (unpaired) electrons. The Morgan fingerprint density at radius 2 is 1.68 bits per heavy atom. The third kappa shape index (κ3) is 4.50. The van der Waals surface area contributed by atoms with E-state index >= 15 is 0 Å². The van der Waals surface area contributed by atoms with Gasteiger partial charge < -0.3 is 4.74 Å². The number of aldehydes is 1. The molecular formula is C19H20O2S. The van der Waals surface area contributed by atoms with Crippen LogP contribution in [-0.4, -0.2) is 11.5 Å². The van der Waals surface area contributed by atoms with Crippen LogP contribution in [0.5, 0.6) is 5.75 Å². The number of carbonyl (C=O) groups is 1. The van der Waals surface area contributed by atoms with E-state index in [0.29, 0.717) is 11.0 Å². The highest BCUT2D eigenvalue weighted by molar-refractivity contribution is 7.99. The highest BCUT2D eigenvalue weighted by atomic mass is 32.2. The minimum absolute atomic E-state index is 0.535. The molecule has 2 aromatic carbocycles. The summed E-state index contributed by atoms with van der Waals surface area (Å²) in [4.78, 5) is 12.5.